The molecule has 0 amide bonds. The van der Waals surface area contributed by atoms with Crippen molar-refractivity contribution in [3.63, 3.8) is 0 Å². The largest absolute Gasteiger partial charge is 0.490 e. The Labute approximate surface area is 199 Å². The SMILES string of the molecule is CCOC(=O)C(O)Cc1ccc(OC/C=C\COc2ccc(CC(OCC)C(=O)O)cc2)cc1. The van der Waals surface area contributed by atoms with Gasteiger partial charge in [-0.25, -0.2) is 9.59 Å². The van der Waals surface area contributed by atoms with Gasteiger partial charge in [0.25, 0.3) is 0 Å². The summed E-state index contributed by atoms with van der Waals surface area (Å²) in [6.45, 7) is 4.77. The predicted molar refractivity (Wildman–Crippen MR) is 126 cm³/mol. The van der Waals surface area contributed by atoms with Crippen LogP contribution >= 0.6 is 0 Å². The van der Waals surface area contributed by atoms with Crippen LogP contribution in [0.2, 0.25) is 0 Å². The topological polar surface area (TPSA) is 112 Å². The van der Waals surface area contributed by atoms with Gasteiger partial charge in [-0.1, -0.05) is 24.3 Å². The number of hydrogen-bond acceptors (Lipinski definition) is 7. The highest BCUT2D eigenvalue weighted by Crippen LogP contribution is 2.16. The standard InChI is InChI=1S/C26H32O8/c1-3-31-24(25(28)29)18-20-9-13-22(14-10-20)34-16-6-5-15-33-21-11-7-19(8-12-21)17-23(27)26(30)32-4-2/h5-14,23-24,27H,3-4,15-18H2,1-2H3,(H,28,29)/b6-5-. The normalized spacial score (nSPS) is 12.8. The average molecular weight is 473 g/mol. The van der Waals surface area contributed by atoms with Crippen molar-refractivity contribution in [3.8, 4) is 11.5 Å². The number of ether oxygens (including phenoxy) is 4. The van der Waals surface area contributed by atoms with E-state index in [4.69, 9.17) is 24.1 Å². The second-order valence-electron chi connectivity index (χ2n) is 7.34. The van der Waals surface area contributed by atoms with Gasteiger partial charge in [-0.2, -0.15) is 0 Å². The van der Waals surface area contributed by atoms with Gasteiger partial charge in [0, 0.05) is 19.4 Å². The number of carbonyl (C=O) groups excluding carboxylic acids is 1. The zero-order valence-electron chi connectivity index (χ0n) is 19.5. The van der Waals surface area contributed by atoms with E-state index in [0.717, 1.165) is 11.1 Å². The van der Waals surface area contributed by atoms with Crippen molar-refractivity contribution in [2.45, 2.75) is 38.9 Å². The summed E-state index contributed by atoms with van der Waals surface area (Å²) in [6, 6.07) is 14.4. The van der Waals surface area contributed by atoms with Crippen LogP contribution in [-0.2, 0) is 31.9 Å². The van der Waals surface area contributed by atoms with Crippen LogP contribution in [0.4, 0.5) is 0 Å². The fourth-order valence-electron chi connectivity index (χ4n) is 3.05. The second kappa shape index (κ2) is 14.7. The van der Waals surface area contributed by atoms with Crippen molar-refractivity contribution < 1.29 is 38.7 Å². The Morgan fingerprint density at radius 1 is 0.824 bits per heavy atom. The monoisotopic (exact) mass is 472 g/mol. The molecule has 0 bridgehead atoms. The lowest BCUT2D eigenvalue weighted by molar-refractivity contribution is -0.153. The average Bonchev–Trinajstić information content (AvgIpc) is 2.83. The number of hydrogen-bond donors (Lipinski definition) is 2. The summed E-state index contributed by atoms with van der Waals surface area (Å²) in [7, 11) is 0. The van der Waals surface area contributed by atoms with Crippen LogP contribution in [0.3, 0.4) is 0 Å². The molecule has 184 valence electrons. The summed E-state index contributed by atoms with van der Waals surface area (Å²) >= 11 is 0. The molecule has 0 aromatic heterocycles. The summed E-state index contributed by atoms with van der Waals surface area (Å²) < 4.78 is 21.3. The van der Waals surface area contributed by atoms with E-state index in [9.17, 15) is 14.7 Å². The predicted octanol–water partition coefficient (Wildman–Crippen LogP) is 3.20. The number of aliphatic hydroxyl groups is 1. The number of carboxylic acids is 1. The Balaban J connectivity index is 1.69. The minimum absolute atomic E-state index is 0.185. The Kier molecular flexibility index (Phi) is 11.6. The molecule has 0 saturated heterocycles. The number of carboxylic acid groups (broad SMARTS) is 1. The lowest BCUT2D eigenvalue weighted by Crippen LogP contribution is -2.26. The van der Waals surface area contributed by atoms with Gasteiger partial charge in [-0.05, 0) is 61.4 Å². The summed E-state index contributed by atoms with van der Waals surface area (Å²) in [5.41, 5.74) is 1.66. The smallest absolute Gasteiger partial charge is 0.335 e. The van der Waals surface area contributed by atoms with E-state index in [-0.39, 0.29) is 13.0 Å². The molecule has 8 nitrogen and oxygen atoms in total. The molecular weight excluding hydrogens is 440 g/mol. The zero-order chi connectivity index (χ0) is 24.8. The summed E-state index contributed by atoms with van der Waals surface area (Å²) in [6.07, 6.45) is 2.13. The first-order valence-electron chi connectivity index (χ1n) is 11.2. The minimum Gasteiger partial charge on any atom is -0.490 e. The molecule has 0 aliphatic carbocycles. The van der Waals surface area contributed by atoms with Gasteiger partial charge in [0.05, 0.1) is 6.61 Å². The molecule has 0 saturated carbocycles. The highest BCUT2D eigenvalue weighted by molar-refractivity contribution is 5.74. The first-order chi connectivity index (χ1) is 16.4. The van der Waals surface area contributed by atoms with Crippen LogP contribution in [0.5, 0.6) is 11.5 Å². The first-order valence-corrected chi connectivity index (χ1v) is 11.2. The maximum absolute atomic E-state index is 11.5. The van der Waals surface area contributed by atoms with Gasteiger partial charge >= 0.3 is 11.9 Å². The van der Waals surface area contributed by atoms with E-state index in [0.29, 0.717) is 37.7 Å². The maximum Gasteiger partial charge on any atom is 0.335 e. The summed E-state index contributed by atoms with van der Waals surface area (Å²) in [5, 5.41) is 19.0. The molecular formula is C26H32O8. The molecule has 0 radical (unpaired) electrons. The number of aliphatic carboxylic acids is 1. The molecule has 0 aliphatic rings. The number of aliphatic hydroxyl groups excluding tert-OH is 1. The minimum atomic E-state index is -1.18. The van der Waals surface area contributed by atoms with E-state index in [2.05, 4.69) is 0 Å². The Hall–Kier alpha value is -3.36. The van der Waals surface area contributed by atoms with Crippen molar-refractivity contribution in [1.29, 1.82) is 0 Å². The van der Waals surface area contributed by atoms with Gasteiger partial charge in [-0.3, -0.25) is 0 Å². The molecule has 8 heteroatoms. The molecule has 0 fully saturated rings. The second-order valence-corrected chi connectivity index (χ2v) is 7.34. The third kappa shape index (κ3) is 9.64. The number of benzene rings is 2. The first kappa shape index (κ1) is 26.9. The highest BCUT2D eigenvalue weighted by atomic mass is 16.5. The third-order valence-corrected chi connectivity index (χ3v) is 4.76. The Morgan fingerprint density at radius 3 is 1.76 bits per heavy atom. The van der Waals surface area contributed by atoms with E-state index in [1.807, 2.05) is 24.3 Å². The molecule has 34 heavy (non-hydrogen) atoms. The van der Waals surface area contributed by atoms with Crippen molar-refractivity contribution in [3.05, 3.63) is 71.8 Å². The van der Waals surface area contributed by atoms with Crippen molar-refractivity contribution in [2.75, 3.05) is 26.4 Å². The van der Waals surface area contributed by atoms with Gasteiger partial charge < -0.3 is 29.2 Å². The van der Waals surface area contributed by atoms with Crippen LogP contribution in [0, 0.1) is 0 Å². The van der Waals surface area contributed by atoms with Gasteiger partial charge in [0.1, 0.15) is 24.7 Å². The van der Waals surface area contributed by atoms with Crippen LogP contribution in [0.15, 0.2) is 60.7 Å². The summed E-state index contributed by atoms with van der Waals surface area (Å²) in [5.74, 6) is -0.252. The zero-order valence-corrected chi connectivity index (χ0v) is 19.5. The molecule has 2 unspecified atom stereocenters. The van der Waals surface area contributed by atoms with Gasteiger partial charge in [0.15, 0.2) is 12.2 Å². The van der Waals surface area contributed by atoms with Gasteiger partial charge in [-0.15, -0.1) is 0 Å². The fourth-order valence-corrected chi connectivity index (χ4v) is 3.05. The lowest BCUT2D eigenvalue weighted by atomic mass is 10.1. The van der Waals surface area contributed by atoms with Gasteiger partial charge in [0.2, 0.25) is 0 Å². The molecule has 2 N–H and O–H groups in total. The molecule has 0 heterocycles. The van der Waals surface area contributed by atoms with Crippen molar-refractivity contribution in [1.82, 2.24) is 0 Å². The third-order valence-electron chi connectivity index (χ3n) is 4.76. The lowest BCUT2D eigenvalue weighted by Gasteiger charge is -2.12. The molecule has 2 rings (SSSR count). The quantitative estimate of drug-likeness (QED) is 0.300. The summed E-state index contributed by atoms with van der Waals surface area (Å²) in [4.78, 5) is 22.7. The molecule has 2 atom stereocenters. The molecule has 2 aromatic carbocycles. The van der Waals surface area contributed by atoms with Crippen molar-refractivity contribution >= 4 is 11.9 Å². The molecule has 0 aliphatic heterocycles. The molecule has 0 spiro atoms. The van der Waals surface area contributed by atoms with Crippen LogP contribution in [0.1, 0.15) is 25.0 Å². The Bertz CT molecular complexity index is 905. The van der Waals surface area contributed by atoms with Crippen LogP contribution in [-0.4, -0.2) is 60.8 Å². The van der Waals surface area contributed by atoms with Crippen LogP contribution in [0.25, 0.3) is 0 Å². The van der Waals surface area contributed by atoms with E-state index in [1.54, 1.807) is 50.2 Å². The number of esters is 1. The van der Waals surface area contributed by atoms with Crippen LogP contribution < -0.4 is 9.47 Å². The number of rotatable bonds is 15. The fraction of sp³-hybridized carbons (Fsp3) is 0.385. The Morgan fingerprint density at radius 2 is 1.32 bits per heavy atom. The highest BCUT2D eigenvalue weighted by Gasteiger charge is 2.18. The van der Waals surface area contributed by atoms with E-state index < -0.39 is 24.1 Å². The molecule has 2 aromatic rings. The number of carbonyl (C=O) groups is 2. The maximum atomic E-state index is 11.5. The van der Waals surface area contributed by atoms with Crippen molar-refractivity contribution in [2.24, 2.45) is 0 Å². The van der Waals surface area contributed by atoms with E-state index >= 15 is 0 Å². The van der Waals surface area contributed by atoms with E-state index in [1.165, 1.54) is 0 Å².